The lowest BCUT2D eigenvalue weighted by Gasteiger charge is -2.14. The van der Waals surface area contributed by atoms with E-state index in [1.165, 1.54) is 29.9 Å². The molecule has 3 aromatic rings. The number of ether oxygens (including phenoxy) is 1. The molecule has 0 aliphatic carbocycles. The molecule has 0 radical (unpaired) electrons. The third-order valence-corrected chi connectivity index (χ3v) is 5.50. The van der Waals surface area contributed by atoms with Crippen LogP contribution < -0.4 is 15.6 Å². The molecule has 1 heterocycles. The van der Waals surface area contributed by atoms with Crippen LogP contribution in [0.3, 0.4) is 0 Å². The van der Waals surface area contributed by atoms with Gasteiger partial charge in [0.05, 0.1) is 17.7 Å². The van der Waals surface area contributed by atoms with Crippen LogP contribution in [0.15, 0.2) is 70.5 Å². The minimum absolute atomic E-state index is 0.0387. The van der Waals surface area contributed by atoms with Crippen LogP contribution in [-0.4, -0.2) is 32.3 Å². The molecule has 0 unspecified atom stereocenters. The lowest BCUT2D eigenvalue weighted by Crippen LogP contribution is -2.29. The van der Waals surface area contributed by atoms with Crippen molar-refractivity contribution >= 4 is 21.4 Å². The Morgan fingerprint density at radius 2 is 1.79 bits per heavy atom. The molecular formula is C21H20N2O5S. The van der Waals surface area contributed by atoms with Crippen molar-refractivity contribution in [2.24, 2.45) is 0 Å². The quantitative estimate of drug-likeness (QED) is 0.695. The molecule has 8 heteroatoms. The van der Waals surface area contributed by atoms with Crippen LogP contribution in [0.4, 0.5) is 5.69 Å². The molecule has 0 saturated carbocycles. The monoisotopic (exact) mass is 412 g/mol. The van der Waals surface area contributed by atoms with Crippen LogP contribution in [0, 0.1) is 6.92 Å². The van der Waals surface area contributed by atoms with E-state index in [9.17, 15) is 18.0 Å². The van der Waals surface area contributed by atoms with E-state index < -0.39 is 21.3 Å². The fourth-order valence-electron chi connectivity index (χ4n) is 2.92. The zero-order chi connectivity index (χ0) is 21.2. The normalized spacial score (nSPS) is 11.1. The highest BCUT2D eigenvalue weighted by Gasteiger charge is 2.18. The summed E-state index contributed by atoms with van der Waals surface area (Å²) in [4.78, 5) is 26.0. The Kier molecular flexibility index (Phi) is 5.56. The molecule has 2 aromatic carbocycles. The second kappa shape index (κ2) is 7.92. The van der Waals surface area contributed by atoms with Gasteiger partial charge in [-0.3, -0.25) is 14.2 Å². The first-order chi connectivity index (χ1) is 13.7. The van der Waals surface area contributed by atoms with Crippen LogP contribution in [0.2, 0.25) is 0 Å². The van der Waals surface area contributed by atoms with Gasteiger partial charge in [-0.2, -0.15) is 0 Å². The lowest BCUT2D eigenvalue weighted by atomic mass is 10.1. The van der Waals surface area contributed by atoms with Crippen molar-refractivity contribution in [1.82, 2.24) is 4.57 Å². The molecule has 150 valence electrons. The Balaban J connectivity index is 2.04. The molecule has 0 saturated heterocycles. The van der Waals surface area contributed by atoms with E-state index in [-0.39, 0.29) is 16.1 Å². The molecule has 0 aliphatic heterocycles. The summed E-state index contributed by atoms with van der Waals surface area (Å²) < 4.78 is 30.1. The maximum Gasteiger partial charge on any atom is 0.268 e. The number of nitrogens with zero attached hydrogens (tertiary/aromatic N) is 1. The summed E-state index contributed by atoms with van der Waals surface area (Å²) in [5, 5.41) is 2.61. The summed E-state index contributed by atoms with van der Waals surface area (Å²) in [7, 11) is -1.92. The number of aryl methyl sites for hydroxylation is 1. The number of rotatable bonds is 5. The van der Waals surface area contributed by atoms with Gasteiger partial charge in [-0.15, -0.1) is 0 Å². The second-order valence-corrected chi connectivity index (χ2v) is 8.49. The molecule has 1 amide bonds. The number of nitrogens with one attached hydrogen (secondary N) is 1. The maximum atomic E-state index is 13.1. The molecule has 0 bridgehead atoms. The van der Waals surface area contributed by atoms with Gasteiger partial charge in [-0.1, -0.05) is 18.2 Å². The Hall–Kier alpha value is -3.39. The third kappa shape index (κ3) is 4.22. The third-order valence-electron chi connectivity index (χ3n) is 4.39. The Bertz CT molecular complexity index is 1250. The molecule has 0 spiro atoms. The molecular weight excluding hydrogens is 392 g/mol. The first-order valence-corrected chi connectivity index (χ1v) is 10.6. The summed E-state index contributed by atoms with van der Waals surface area (Å²) in [6.07, 6.45) is 2.66. The summed E-state index contributed by atoms with van der Waals surface area (Å²) >= 11 is 0. The summed E-state index contributed by atoms with van der Waals surface area (Å²) in [6.45, 7) is 1.66. The van der Waals surface area contributed by atoms with Crippen LogP contribution in [0.25, 0.3) is 5.69 Å². The zero-order valence-corrected chi connectivity index (χ0v) is 17.0. The average molecular weight is 412 g/mol. The van der Waals surface area contributed by atoms with Gasteiger partial charge >= 0.3 is 0 Å². The van der Waals surface area contributed by atoms with Crippen LogP contribution in [0.1, 0.15) is 15.9 Å². The van der Waals surface area contributed by atoms with E-state index in [0.717, 1.165) is 6.26 Å². The molecule has 1 aromatic heterocycles. The fourth-order valence-corrected chi connectivity index (χ4v) is 3.59. The molecule has 29 heavy (non-hydrogen) atoms. The first-order valence-electron chi connectivity index (χ1n) is 8.69. The number of methoxy groups -OCH3 is 1. The smallest absolute Gasteiger partial charge is 0.268 e. The van der Waals surface area contributed by atoms with Gasteiger partial charge in [0.25, 0.3) is 11.5 Å². The highest BCUT2D eigenvalue weighted by Crippen LogP contribution is 2.21. The van der Waals surface area contributed by atoms with Crippen molar-refractivity contribution in [1.29, 1.82) is 0 Å². The zero-order valence-electron chi connectivity index (χ0n) is 16.2. The van der Waals surface area contributed by atoms with Crippen molar-refractivity contribution in [2.45, 2.75) is 11.8 Å². The number of pyridine rings is 1. The fraction of sp³-hybridized carbons (Fsp3) is 0.143. The largest absolute Gasteiger partial charge is 0.495 e. The van der Waals surface area contributed by atoms with E-state index in [2.05, 4.69) is 5.32 Å². The Morgan fingerprint density at radius 1 is 1.07 bits per heavy atom. The first kappa shape index (κ1) is 20.3. The number of sulfone groups is 1. The van der Waals surface area contributed by atoms with Gasteiger partial charge in [0.1, 0.15) is 11.3 Å². The Labute approximate surface area is 168 Å². The number of hydrogen-bond donors (Lipinski definition) is 1. The highest BCUT2D eigenvalue weighted by molar-refractivity contribution is 7.90. The van der Waals surface area contributed by atoms with Crippen molar-refractivity contribution in [3.8, 4) is 11.4 Å². The number of benzene rings is 2. The van der Waals surface area contributed by atoms with Gasteiger partial charge in [0, 0.05) is 18.1 Å². The number of amides is 1. The van der Waals surface area contributed by atoms with Gasteiger partial charge < -0.3 is 10.1 Å². The molecule has 0 atom stereocenters. The highest BCUT2D eigenvalue weighted by atomic mass is 32.2. The number of carbonyl (C=O) groups excluding carboxylic acids is 1. The molecule has 7 nitrogen and oxygen atoms in total. The topological polar surface area (TPSA) is 94.5 Å². The summed E-state index contributed by atoms with van der Waals surface area (Å²) in [6, 6.07) is 14.5. The lowest BCUT2D eigenvalue weighted by molar-refractivity contribution is 0.102. The summed E-state index contributed by atoms with van der Waals surface area (Å²) in [5.74, 6) is -0.131. The number of hydrogen-bond acceptors (Lipinski definition) is 5. The van der Waals surface area contributed by atoms with Crippen LogP contribution >= 0.6 is 0 Å². The SMILES string of the molecule is COc1ccccc1-n1ccc(C)c(C(=O)Nc2cccc(S(C)(=O)=O)c2)c1=O. The van der Waals surface area contributed by atoms with Crippen LogP contribution in [-0.2, 0) is 9.84 Å². The number of carbonyl (C=O) groups is 1. The Morgan fingerprint density at radius 3 is 2.48 bits per heavy atom. The number of para-hydroxylation sites is 2. The van der Waals surface area contributed by atoms with Gasteiger partial charge in [0.2, 0.25) is 0 Å². The van der Waals surface area contributed by atoms with Gasteiger partial charge in [0.15, 0.2) is 9.84 Å². The minimum Gasteiger partial charge on any atom is -0.495 e. The van der Waals surface area contributed by atoms with E-state index in [1.807, 2.05) is 0 Å². The number of anilines is 1. The predicted octanol–water partition coefficient (Wildman–Crippen LogP) is 2.81. The van der Waals surface area contributed by atoms with Crippen LogP contribution in [0.5, 0.6) is 5.75 Å². The molecule has 1 N–H and O–H groups in total. The van der Waals surface area contributed by atoms with Crippen molar-refractivity contribution in [2.75, 3.05) is 18.7 Å². The predicted molar refractivity (Wildman–Crippen MR) is 111 cm³/mol. The van der Waals surface area contributed by atoms with E-state index in [0.29, 0.717) is 17.0 Å². The molecule has 0 aliphatic rings. The second-order valence-electron chi connectivity index (χ2n) is 6.47. The minimum atomic E-state index is -3.42. The van der Waals surface area contributed by atoms with E-state index in [4.69, 9.17) is 4.74 Å². The van der Waals surface area contributed by atoms with E-state index in [1.54, 1.807) is 49.5 Å². The standard InChI is InChI=1S/C21H20N2O5S/c1-14-11-12-23(17-9-4-5-10-18(17)28-2)21(25)19(14)20(24)22-15-7-6-8-16(13-15)29(3,26)27/h4-13H,1-3H3,(H,22,24). The van der Waals surface area contributed by atoms with Crippen molar-refractivity contribution < 1.29 is 17.9 Å². The van der Waals surface area contributed by atoms with E-state index >= 15 is 0 Å². The summed E-state index contributed by atoms with van der Waals surface area (Å²) in [5.41, 5.74) is 0.741. The molecule has 3 rings (SSSR count). The number of aromatic nitrogens is 1. The van der Waals surface area contributed by atoms with Crippen molar-refractivity contribution in [3.05, 3.63) is 82.3 Å². The van der Waals surface area contributed by atoms with Gasteiger partial charge in [-0.25, -0.2) is 8.42 Å². The maximum absolute atomic E-state index is 13.1. The van der Waals surface area contributed by atoms with Gasteiger partial charge in [-0.05, 0) is 48.9 Å². The van der Waals surface area contributed by atoms with Crippen molar-refractivity contribution in [3.63, 3.8) is 0 Å². The average Bonchev–Trinajstić information content (AvgIpc) is 2.68. The molecule has 0 fully saturated rings.